The maximum absolute atomic E-state index is 12.9. The molecule has 1 amide bonds. The van der Waals surface area contributed by atoms with Gasteiger partial charge >= 0.3 is 0 Å². The first-order chi connectivity index (χ1) is 15.2. The fraction of sp³-hybridized carbons (Fsp3) is 0.500. The Kier molecular flexibility index (Phi) is 6.92. The lowest BCUT2D eigenvalue weighted by molar-refractivity contribution is 0.0906. The van der Waals surface area contributed by atoms with Crippen molar-refractivity contribution < 1.29 is 9.21 Å². The molecule has 166 valence electrons. The number of anilines is 1. The highest BCUT2D eigenvalue weighted by atomic mass is 16.4. The minimum atomic E-state index is -0.188. The van der Waals surface area contributed by atoms with Crippen molar-refractivity contribution in [2.24, 2.45) is 0 Å². The molecule has 0 spiro atoms. The van der Waals surface area contributed by atoms with Crippen LogP contribution in [0.3, 0.4) is 0 Å². The number of unbranched alkanes of at least 4 members (excludes halogenated alkanes) is 1. The lowest BCUT2D eigenvalue weighted by Gasteiger charge is -2.32. The van der Waals surface area contributed by atoms with Gasteiger partial charge in [-0.15, -0.1) is 0 Å². The predicted octanol–water partition coefficient (Wildman–Crippen LogP) is 3.83. The summed E-state index contributed by atoms with van der Waals surface area (Å²) in [6.45, 7) is 9.13. The molecular formula is C24H33N5O2. The molecule has 31 heavy (non-hydrogen) atoms. The number of nitrogens with zero attached hydrogens (tertiary/aromatic N) is 3. The molecule has 7 heteroatoms. The third-order valence-electron chi connectivity index (χ3n) is 6.19. The predicted molar refractivity (Wildman–Crippen MR) is 124 cm³/mol. The van der Waals surface area contributed by atoms with Gasteiger partial charge in [-0.3, -0.25) is 4.79 Å². The van der Waals surface area contributed by atoms with Crippen LogP contribution < -0.4 is 10.2 Å². The highest BCUT2D eigenvalue weighted by molar-refractivity contribution is 5.91. The molecule has 3 aromatic rings. The van der Waals surface area contributed by atoms with Crippen molar-refractivity contribution in [1.29, 1.82) is 0 Å². The summed E-state index contributed by atoms with van der Waals surface area (Å²) in [7, 11) is 0. The number of nitrogens with one attached hydrogen (secondary N) is 2. The number of amides is 1. The molecular weight excluding hydrogens is 390 g/mol. The quantitative estimate of drug-likeness (QED) is 0.547. The van der Waals surface area contributed by atoms with E-state index in [-0.39, 0.29) is 17.7 Å². The van der Waals surface area contributed by atoms with Crippen molar-refractivity contribution in [3.8, 4) is 0 Å². The Morgan fingerprint density at radius 1 is 1.23 bits per heavy atom. The molecule has 1 aromatic carbocycles. The lowest BCUT2D eigenvalue weighted by Crippen LogP contribution is -2.46. The number of para-hydroxylation sites is 1. The Bertz CT molecular complexity index is 987. The standard InChI is InChI=1S/C24H33N5O2/c1-3-5-8-19(15-18-16-25-21-10-7-6-9-20(18)21)27-23(30)22-17-26-24(31-22)29-13-11-28(4-2)12-14-29/h6-7,9-10,16-17,19,25H,3-5,8,11-15H2,1-2H3,(H,27,30). The Morgan fingerprint density at radius 2 is 2.03 bits per heavy atom. The molecule has 2 aromatic heterocycles. The smallest absolute Gasteiger partial charge is 0.298 e. The Balaban J connectivity index is 1.41. The number of hydrogen-bond acceptors (Lipinski definition) is 5. The second-order valence-corrected chi connectivity index (χ2v) is 8.30. The molecule has 0 bridgehead atoms. The first-order valence-electron chi connectivity index (χ1n) is 11.5. The summed E-state index contributed by atoms with van der Waals surface area (Å²) in [5, 5.41) is 4.40. The minimum absolute atomic E-state index is 0.0494. The minimum Gasteiger partial charge on any atom is -0.418 e. The molecule has 7 nitrogen and oxygen atoms in total. The number of fused-ring (bicyclic) bond motifs is 1. The SMILES string of the molecule is CCCCC(Cc1c[nH]c2ccccc12)NC(=O)c1cnc(N2CCN(CC)CC2)o1. The van der Waals surface area contributed by atoms with Crippen molar-refractivity contribution in [2.45, 2.75) is 45.6 Å². The average Bonchev–Trinajstić information content (AvgIpc) is 3.45. The van der Waals surface area contributed by atoms with Crippen LogP contribution in [0.25, 0.3) is 10.9 Å². The molecule has 1 aliphatic heterocycles. The number of H-pyrrole nitrogens is 1. The summed E-state index contributed by atoms with van der Waals surface area (Å²) in [5.41, 5.74) is 2.35. The van der Waals surface area contributed by atoms with E-state index >= 15 is 0 Å². The number of likely N-dealkylation sites (N-methyl/N-ethyl adjacent to an activating group) is 1. The fourth-order valence-corrected chi connectivity index (χ4v) is 4.27. The molecule has 1 saturated heterocycles. The topological polar surface area (TPSA) is 77.4 Å². The largest absolute Gasteiger partial charge is 0.418 e. The molecule has 1 unspecified atom stereocenters. The zero-order valence-electron chi connectivity index (χ0n) is 18.6. The number of aromatic nitrogens is 2. The number of hydrogen-bond donors (Lipinski definition) is 2. The van der Waals surface area contributed by atoms with Crippen LogP contribution in [0.2, 0.25) is 0 Å². The van der Waals surface area contributed by atoms with Crippen LogP contribution in [0.15, 0.2) is 41.1 Å². The number of carbonyl (C=O) groups is 1. The van der Waals surface area contributed by atoms with Gasteiger partial charge in [-0.25, -0.2) is 4.98 Å². The van der Waals surface area contributed by atoms with E-state index in [1.165, 1.54) is 10.9 Å². The van der Waals surface area contributed by atoms with Crippen molar-refractivity contribution in [3.05, 3.63) is 48.0 Å². The summed E-state index contributed by atoms with van der Waals surface area (Å²) in [4.78, 5) is 25.1. The van der Waals surface area contributed by atoms with E-state index in [1.54, 1.807) is 6.20 Å². The molecule has 0 saturated carbocycles. The Hall–Kier alpha value is -2.80. The third kappa shape index (κ3) is 5.10. The van der Waals surface area contributed by atoms with Crippen LogP contribution in [-0.4, -0.2) is 59.5 Å². The second-order valence-electron chi connectivity index (χ2n) is 8.30. The van der Waals surface area contributed by atoms with Gasteiger partial charge in [0.2, 0.25) is 5.76 Å². The molecule has 0 aliphatic carbocycles. The maximum atomic E-state index is 12.9. The highest BCUT2D eigenvalue weighted by Crippen LogP contribution is 2.21. The highest BCUT2D eigenvalue weighted by Gasteiger charge is 2.23. The van der Waals surface area contributed by atoms with E-state index in [2.05, 4.69) is 63.3 Å². The lowest BCUT2D eigenvalue weighted by atomic mass is 10.0. The van der Waals surface area contributed by atoms with Gasteiger partial charge < -0.3 is 24.5 Å². The van der Waals surface area contributed by atoms with Crippen LogP contribution in [0.1, 0.15) is 49.2 Å². The van der Waals surface area contributed by atoms with Crippen LogP contribution in [-0.2, 0) is 6.42 Å². The van der Waals surface area contributed by atoms with Crippen molar-refractivity contribution in [3.63, 3.8) is 0 Å². The van der Waals surface area contributed by atoms with Crippen LogP contribution in [0.5, 0.6) is 0 Å². The van der Waals surface area contributed by atoms with Gasteiger partial charge in [0, 0.05) is 49.3 Å². The first-order valence-corrected chi connectivity index (χ1v) is 11.5. The van der Waals surface area contributed by atoms with Crippen LogP contribution in [0, 0.1) is 0 Å². The number of rotatable bonds is 9. The van der Waals surface area contributed by atoms with Crippen LogP contribution in [0.4, 0.5) is 6.01 Å². The molecule has 1 atom stereocenters. The zero-order chi connectivity index (χ0) is 21.6. The van der Waals surface area contributed by atoms with Gasteiger partial charge in [-0.1, -0.05) is 44.9 Å². The van der Waals surface area contributed by atoms with Crippen molar-refractivity contribution >= 4 is 22.8 Å². The average molecular weight is 424 g/mol. The normalized spacial score (nSPS) is 16.0. The van der Waals surface area contributed by atoms with E-state index in [4.69, 9.17) is 4.42 Å². The number of carbonyl (C=O) groups excluding carboxylic acids is 1. The number of oxazole rings is 1. The fourth-order valence-electron chi connectivity index (χ4n) is 4.27. The van der Waals surface area contributed by atoms with Gasteiger partial charge in [0.15, 0.2) is 0 Å². The van der Waals surface area contributed by atoms with E-state index in [0.717, 1.165) is 63.9 Å². The van der Waals surface area contributed by atoms with E-state index < -0.39 is 0 Å². The van der Waals surface area contributed by atoms with Crippen molar-refractivity contribution in [2.75, 3.05) is 37.6 Å². The number of aromatic amines is 1. The third-order valence-corrected chi connectivity index (χ3v) is 6.19. The summed E-state index contributed by atoms with van der Waals surface area (Å²) in [5.74, 6) is 0.0974. The molecule has 1 fully saturated rings. The van der Waals surface area contributed by atoms with Gasteiger partial charge in [0.1, 0.15) is 0 Å². The van der Waals surface area contributed by atoms with Crippen LogP contribution >= 0.6 is 0 Å². The van der Waals surface area contributed by atoms with Crippen molar-refractivity contribution in [1.82, 2.24) is 20.2 Å². The van der Waals surface area contributed by atoms with Gasteiger partial charge in [-0.05, 0) is 31.0 Å². The number of benzene rings is 1. The summed E-state index contributed by atoms with van der Waals surface area (Å²) in [6, 6.07) is 8.88. The molecule has 4 rings (SSSR count). The maximum Gasteiger partial charge on any atom is 0.298 e. The summed E-state index contributed by atoms with van der Waals surface area (Å²) < 4.78 is 5.84. The zero-order valence-corrected chi connectivity index (χ0v) is 18.6. The van der Waals surface area contributed by atoms with Gasteiger partial charge in [-0.2, -0.15) is 0 Å². The van der Waals surface area contributed by atoms with E-state index in [1.807, 2.05) is 6.07 Å². The molecule has 1 aliphatic rings. The Morgan fingerprint density at radius 3 is 2.81 bits per heavy atom. The molecule has 3 heterocycles. The van der Waals surface area contributed by atoms with Gasteiger partial charge in [0.05, 0.1) is 6.20 Å². The van der Waals surface area contributed by atoms with Gasteiger partial charge in [0.25, 0.3) is 11.9 Å². The second kappa shape index (κ2) is 10.0. The monoisotopic (exact) mass is 423 g/mol. The van der Waals surface area contributed by atoms with E-state index in [9.17, 15) is 4.79 Å². The summed E-state index contributed by atoms with van der Waals surface area (Å²) in [6.07, 6.45) is 7.49. The molecule has 0 radical (unpaired) electrons. The first kappa shape index (κ1) is 21.4. The summed E-state index contributed by atoms with van der Waals surface area (Å²) >= 11 is 0. The van der Waals surface area contributed by atoms with E-state index in [0.29, 0.717) is 6.01 Å². The molecule has 2 N–H and O–H groups in total. The number of piperazine rings is 1. The Labute approximate surface area is 183 Å².